The van der Waals surface area contributed by atoms with Crippen LogP contribution in [0.25, 0.3) is 0 Å². The normalized spacial score (nSPS) is 20.0. The molecule has 0 spiro atoms. The van der Waals surface area contributed by atoms with Gasteiger partial charge < -0.3 is 4.74 Å². The summed E-state index contributed by atoms with van der Waals surface area (Å²) in [6.07, 6.45) is 11.5. The number of nitrogens with zero attached hydrogens (tertiary/aromatic N) is 2. The Morgan fingerprint density at radius 2 is 1.86 bits per heavy atom. The Labute approximate surface area is 126 Å². The van der Waals surface area contributed by atoms with Gasteiger partial charge in [0.15, 0.2) is 0 Å². The van der Waals surface area contributed by atoms with Crippen LogP contribution in [-0.2, 0) is 4.74 Å². The molecule has 4 nitrogen and oxygen atoms in total. The third kappa shape index (κ3) is 3.42. The third-order valence-corrected chi connectivity index (χ3v) is 4.52. The summed E-state index contributed by atoms with van der Waals surface area (Å²) in [4.78, 5) is 21.3. The smallest absolute Gasteiger partial charge is 0.341 e. The van der Waals surface area contributed by atoms with Gasteiger partial charge in [0.25, 0.3) is 0 Å². The molecule has 114 valence electrons. The molecule has 0 amide bonds. The first-order valence-electron chi connectivity index (χ1n) is 8.33. The molecule has 0 unspecified atom stereocenters. The van der Waals surface area contributed by atoms with Crippen LogP contribution < -0.4 is 0 Å². The first-order chi connectivity index (χ1) is 10.3. The van der Waals surface area contributed by atoms with E-state index in [2.05, 4.69) is 4.98 Å². The quantitative estimate of drug-likeness (QED) is 0.621. The monoisotopic (exact) mass is 288 g/mol. The molecule has 2 aliphatic carbocycles. The van der Waals surface area contributed by atoms with Gasteiger partial charge in [0.2, 0.25) is 0 Å². The molecule has 2 fully saturated rings. The summed E-state index contributed by atoms with van der Waals surface area (Å²) in [5.41, 5.74) is 1.51. The second kappa shape index (κ2) is 6.54. The van der Waals surface area contributed by atoms with Crippen molar-refractivity contribution in [3.05, 3.63) is 23.3 Å². The van der Waals surface area contributed by atoms with E-state index in [1.54, 1.807) is 6.20 Å². The van der Waals surface area contributed by atoms with Gasteiger partial charge in [-0.3, -0.25) is 0 Å². The number of carbonyl (C=O) groups excluding carboxylic acids is 1. The number of carbonyl (C=O) groups is 1. The Bertz CT molecular complexity index is 504. The van der Waals surface area contributed by atoms with Crippen LogP contribution in [0.15, 0.2) is 6.20 Å². The highest BCUT2D eigenvalue weighted by Gasteiger charge is 2.31. The van der Waals surface area contributed by atoms with Crippen LogP contribution in [0.3, 0.4) is 0 Å². The zero-order valence-electron chi connectivity index (χ0n) is 12.8. The second-order valence-corrected chi connectivity index (χ2v) is 6.21. The van der Waals surface area contributed by atoms with Gasteiger partial charge in [0.05, 0.1) is 17.9 Å². The molecule has 0 N–H and O–H groups in total. The van der Waals surface area contributed by atoms with Crippen molar-refractivity contribution in [3.8, 4) is 0 Å². The first kappa shape index (κ1) is 14.5. The molecule has 0 saturated heterocycles. The zero-order chi connectivity index (χ0) is 14.7. The molecule has 2 aliphatic rings. The predicted octanol–water partition coefficient (Wildman–Crippen LogP) is 3.97. The molecule has 1 heterocycles. The largest absolute Gasteiger partial charge is 0.462 e. The number of esters is 1. The highest BCUT2D eigenvalue weighted by Crippen LogP contribution is 2.41. The molecule has 4 heteroatoms. The van der Waals surface area contributed by atoms with E-state index in [0.29, 0.717) is 24.0 Å². The van der Waals surface area contributed by atoms with E-state index in [4.69, 9.17) is 9.72 Å². The molecular formula is C17H24N2O2. The maximum absolute atomic E-state index is 12.0. The van der Waals surface area contributed by atoms with Crippen LogP contribution in [0.4, 0.5) is 0 Å². The number of aromatic nitrogens is 2. The van der Waals surface area contributed by atoms with E-state index in [0.717, 1.165) is 24.4 Å². The van der Waals surface area contributed by atoms with Crippen LogP contribution in [0, 0.1) is 0 Å². The van der Waals surface area contributed by atoms with Crippen LogP contribution in [0.1, 0.15) is 92.0 Å². The van der Waals surface area contributed by atoms with Crippen molar-refractivity contribution in [2.75, 3.05) is 6.61 Å². The Morgan fingerprint density at radius 3 is 2.48 bits per heavy atom. The topological polar surface area (TPSA) is 52.1 Å². The first-order valence-corrected chi connectivity index (χ1v) is 8.33. The van der Waals surface area contributed by atoms with Crippen LogP contribution in [0.5, 0.6) is 0 Å². The van der Waals surface area contributed by atoms with Crippen LogP contribution >= 0.6 is 0 Å². The molecule has 2 saturated carbocycles. The molecule has 0 aromatic carbocycles. The van der Waals surface area contributed by atoms with Gasteiger partial charge in [-0.05, 0) is 32.6 Å². The van der Waals surface area contributed by atoms with Gasteiger partial charge in [-0.2, -0.15) is 0 Å². The van der Waals surface area contributed by atoms with Crippen LogP contribution in [0.2, 0.25) is 0 Å². The Kier molecular flexibility index (Phi) is 4.51. The molecule has 21 heavy (non-hydrogen) atoms. The van der Waals surface area contributed by atoms with Crippen molar-refractivity contribution < 1.29 is 9.53 Å². The number of hydrogen-bond donors (Lipinski definition) is 0. The average Bonchev–Trinajstić information content (AvgIpc) is 3.33. The lowest BCUT2D eigenvalue weighted by molar-refractivity contribution is 0.0523. The molecule has 0 aliphatic heterocycles. The van der Waals surface area contributed by atoms with Crippen molar-refractivity contribution in [1.82, 2.24) is 9.97 Å². The molecular weight excluding hydrogens is 264 g/mol. The number of rotatable bonds is 4. The van der Waals surface area contributed by atoms with E-state index in [-0.39, 0.29) is 5.97 Å². The van der Waals surface area contributed by atoms with Gasteiger partial charge in [0.1, 0.15) is 5.82 Å². The minimum Gasteiger partial charge on any atom is -0.462 e. The number of hydrogen-bond acceptors (Lipinski definition) is 4. The fourth-order valence-electron chi connectivity index (χ4n) is 3.18. The third-order valence-electron chi connectivity index (χ3n) is 4.52. The number of ether oxygens (including phenoxy) is 1. The van der Waals surface area contributed by atoms with Crippen molar-refractivity contribution >= 4 is 5.97 Å². The highest BCUT2D eigenvalue weighted by molar-refractivity contribution is 5.90. The van der Waals surface area contributed by atoms with E-state index < -0.39 is 0 Å². The molecule has 0 atom stereocenters. The SMILES string of the molecule is CCOC(=O)c1cnc(C2CCCCCC2)nc1C1CC1. The van der Waals surface area contributed by atoms with Crippen molar-refractivity contribution in [1.29, 1.82) is 0 Å². The lowest BCUT2D eigenvalue weighted by Gasteiger charge is -2.15. The Hall–Kier alpha value is -1.45. The summed E-state index contributed by atoms with van der Waals surface area (Å²) in [5, 5.41) is 0. The second-order valence-electron chi connectivity index (χ2n) is 6.21. The average molecular weight is 288 g/mol. The zero-order valence-corrected chi connectivity index (χ0v) is 12.8. The fraction of sp³-hybridized carbons (Fsp3) is 0.706. The molecule has 0 bridgehead atoms. The van der Waals surface area contributed by atoms with E-state index in [1.165, 1.54) is 38.5 Å². The predicted molar refractivity (Wildman–Crippen MR) is 80.4 cm³/mol. The van der Waals surface area contributed by atoms with Crippen molar-refractivity contribution in [3.63, 3.8) is 0 Å². The van der Waals surface area contributed by atoms with E-state index in [9.17, 15) is 4.79 Å². The van der Waals surface area contributed by atoms with Gasteiger partial charge in [-0.25, -0.2) is 14.8 Å². The lowest BCUT2D eigenvalue weighted by atomic mass is 9.99. The summed E-state index contributed by atoms with van der Waals surface area (Å²) in [7, 11) is 0. The summed E-state index contributed by atoms with van der Waals surface area (Å²) < 4.78 is 5.13. The van der Waals surface area contributed by atoms with E-state index >= 15 is 0 Å². The molecule has 1 aromatic heterocycles. The minimum absolute atomic E-state index is 0.271. The summed E-state index contributed by atoms with van der Waals surface area (Å²) in [5.74, 6) is 1.59. The van der Waals surface area contributed by atoms with Gasteiger partial charge >= 0.3 is 5.97 Å². The lowest BCUT2D eigenvalue weighted by Crippen LogP contribution is -2.13. The summed E-state index contributed by atoms with van der Waals surface area (Å²) in [6, 6.07) is 0. The van der Waals surface area contributed by atoms with Crippen molar-refractivity contribution in [2.24, 2.45) is 0 Å². The maximum atomic E-state index is 12.0. The van der Waals surface area contributed by atoms with Crippen LogP contribution in [-0.4, -0.2) is 22.5 Å². The standard InChI is InChI=1S/C17H24N2O2/c1-2-21-17(20)14-11-18-16(19-15(14)12-9-10-12)13-7-5-3-4-6-8-13/h11-13H,2-10H2,1H3. The summed E-state index contributed by atoms with van der Waals surface area (Å²) >= 11 is 0. The molecule has 3 rings (SSSR count). The summed E-state index contributed by atoms with van der Waals surface area (Å²) in [6.45, 7) is 2.22. The Balaban J connectivity index is 1.86. The van der Waals surface area contributed by atoms with Crippen molar-refractivity contribution in [2.45, 2.75) is 70.1 Å². The minimum atomic E-state index is -0.271. The highest BCUT2D eigenvalue weighted by atomic mass is 16.5. The fourth-order valence-corrected chi connectivity index (χ4v) is 3.18. The Morgan fingerprint density at radius 1 is 1.14 bits per heavy atom. The van der Waals surface area contributed by atoms with Gasteiger partial charge in [0, 0.05) is 18.0 Å². The van der Waals surface area contributed by atoms with E-state index in [1.807, 2.05) is 6.92 Å². The molecule has 1 aromatic rings. The molecule has 0 radical (unpaired) electrons. The van der Waals surface area contributed by atoms with Gasteiger partial charge in [-0.1, -0.05) is 25.7 Å². The van der Waals surface area contributed by atoms with Gasteiger partial charge in [-0.15, -0.1) is 0 Å². The maximum Gasteiger partial charge on any atom is 0.341 e.